The Hall–Kier alpha value is -2.06. The van der Waals surface area contributed by atoms with Crippen LogP contribution in [0.1, 0.15) is 12.0 Å². The molecular weight excluding hydrogens is 372 g/mol. The lowest BCUT2D eigenvalue weighted by molar-refractivity contribution is 0.263. The van der Waals surface area contributed by atoms with Crippen molar-refractivity contribution in [3.05, 3.63) is 48.3 Å². The number of nitrogens with one attached hydrogen (secondary N) is 3. The Morgan fingerprint density at radius 1 is 1.25 bits per heavy atom. The molecule has 7 heteroatoms. The standard InChI is InChI=1S/C20H24N4OS.CH4O/c1-26-24-11-14-2-4-16(5-3-14)17-12-23-20-19(17)18(7-9-22-20)25-13-15-6-8-21-10-15;1-2/h2-5,7,9,12,15,21,24H,6,8,10-11,13H2,1H3,(H,22,23);2H,1H3. The fraction of sp³-hybridized carbons (Fsp3) is 0.381. The number of aliphatic hydroxyl groups excluding tert-OH is 1. The molecule has 0 bridgehead atoms. The predicted molar refractivity (Wildman–Crippen MR) is 116 cm³/mol. The second kappa shape index (κ2) is 10.5. The van der Waals surface area contributed by atoms with E-state index in [0.29, 0.717) is 5.92 Å². The van der Waals surface area contributed by atoms with Gasteiger partial charge in [0, 0.05) is 44.1 Å². The molecule has 2 aromatic heterocycles. The zero-order valence-corrected chi connectivity index (χ0v) is 17.2. The van der Waals surface area contributed by atoms with E-state index >= 15 is 0 Å². The number of rotatable bonds is 7. The summed E-state index contributed by atoms with van der Waals surface area (Å²) < 4.78 is 9.46. The Balaban J connectivity index is 0.00000109. The van der Waals surface area contributed by atoms with Crippen LogP contribution in [0.3, 0.4) is 0 Å². The van der Waals surface area contributed by atoms with Gasteiger partial charge in [0.05, 0.1) is 12.0 Å². The summed E-state index contributed by atoms with van der Waals surface area (Å²) in [6.45, 7) is 3.74. The van der Waals surface area contributed by atoms with Gasteiger partial charge in [-0.1, -0.05) is 36.2 Å². The normalized spacial score (nSPS) is 16.0. The first-order chi connectivity index (χ1) is 13.8. The van der Waals surface area contributed by atoms with Gasteiger partial charge in [0.1, 0.15) is 11.4 Å². The molecule has 1 fully saturated rings. The van der Waals surface area contributed by atoms with Crippen molar-refractivity contribution in [1.82, 2.24) is 20.0 Å². The molecule has 0 amide bonds. The summed E-state index contributed by atoms with van der Waals surface area (Å²) in [4.78, 5) is 7.75. The molecule has 1 aromatic carbocycles. The second-order valence-electron chi connectivity index (χ2n) is 6.63. The third-order valence-electron chi connectivity index (χ3n) is 4.86. The molecule has 1 unspecified atom stereocenters. The minimum Gasteiger partial charge on any atom is -0.492 e. The molecule has 1 aliphatic rings. The monoisotopic (exact) mass is 400 g/mol. The first kappa shape index (κ1) is 20.7. The average Bonchev–Trinajstić information content (AvgIpc) is 3.43. The molecule has 3 aromatic rings. The molecule has 4 rings (SSSR count). The van der Waals surface area contributed by atoms with Crippen LogP contribution in [0.5, 0.6) is 5.75 Å². The number of benzene rings is 1. The zero-order valence-electron chi connectivity index (χ0n) is 16.4. The Morgan fingerprint density at radius 3 is 2.79 bits per heavy atom. The maximum absolute atomic E-state index is 7.00. The van der Waals surface area contributed by atoms with Crippen molar-refractivity contribution < 1.29 is 9.84 Å². The first-order valence-corrected chi connectivity index (χ1v) is 10.7. The Kier molecular flexibility index (Phi) is 7.73. The van der Waals surface area contributed by atoms with E-state index in [9.17, 15) is 0 Å². The molecule has 1 saturated heterocycles. The van der Waals surface area contributed by atoms with Crippen LogP contribution in [0, 0.1) is 5.92 Å². The fourth-order valence-electron chi connectivity index (χ4n) is 3.40. The van der Waals surface area contributed by atoms with E-state index in [2.05, 4.69) is 44.3 Å². The smallest absolute Gasteiger partial charge is 0.141 e. The highest BCUT2D eigenvalue weighted by atomic mass is 32.2. The molecule has 0 radical (unpaired) electrons. The van der Waals surface area contributed by atoms with Crippen molar-refractivity contribution in [1.29, 1.82) is 0 Å². The van der Waals surface area contributed by atoms with E-state index in [1.165, 1.54) is 17.5 Å². The number of aromatic nitrogens is 2. The number of pyridine rings is 1. The van der Waals surface area contributed by atoms with Gasteiger partial charge in [0.15, 0.2) is 0 Å². The number of fused-ring (bicyclic) bond motifs is 1. The summed E-state index contributed by atoms with van der Waals surface area (Å²) in [5, 5.41) is 11.5. The highest BCUT2D eigenvalue weighted by molar-refractivity contribution is 7.96. The van der Waals surface area contributed by atoms with Crippen LogP contribution in [-0.2, 0) is 6.54 Å². The largest absolute Gasteiger partial charge is 0.492 e. The van der Waals surface area contributed by atoms with Gasteiger partial charge >= 0.3 is 0 Å². The van der Waals surface area contributed by atoms with Gasteiger partial charge in [-0.2, -0.15) is 0 Å². The van der Waals surface area contributed by atoms with Crippen LogP contribution >= 0.6 is 11.9 Å². The van der Waals surface area contributed by atoms with Gasteiger partial charge in [-0.05, 0) is 36.4 Å². The van der Waals surface area contributed by atoms with Crippen LogP contribution < -0.4 is 14.8 Å². The molecule has 1 aliphatic heterocycles. The first-order valence-electron chi connectivity index (χ1n) is 9.44. The van der Waals surface area contributed by atoms with Crippen LogP contribution in [0.15, 0.2) is 42.7 Å². The van der Waals surface area contributed by atoms with E-state index in [0.717, 1.165) is 55.7 Å². The second-order valence-corrected chi connectivity index (χ2v) is 7.32. The Morgan fingerprint density at radius 2 is 2.07 bits per heavy atom. The van der Waals surface area contributed by atoms with Crippen LogP contribution in [0.25, 0.3) is 22.2 Å². The number of nitrogens with zero attached hydrogens (tertiary/aromatic N) is 1. The van der Waals surface area contributed by atoms with Gasteiger partial charge in [-0.25, -0.2) is 4.98 Å². The number of hydrogen-bond acceptors (Lipinski definition) is 6. The molecule has 0 aliphatic carbocycles. The minimum atomic E-state index is 0.587. The summed E-state index contributed by atoms with van der Waals surface area (Å²) in [6, 6.07) is 10.6. The number of aromatic amines is 1. The number of H-pyrrole nitrogens is 1. The average molecular weight is 401 g/mol. The lowest BCUT2D eigenvalue weighted by Crippen LogP contribution is -2.15. The number of aliphatic hydroxyl groups is 1. The van der Waals surface area contributed by atoms with Crippen molar-refractivity contribution in [2.24, 2.45) is 5.92 Å². The van der Waals surface area contributed by atoms with Gasteiger partial charge in [-0.15, -0.1) is 0 Å². The maximum Gasteiger partial charge on any atom is 0.141 e. The van der Waals surface area contributed by atoms with Crippen molar-refractivity contribution in [2.45, 2.75) is 13.0 Å². The molecule has 28 heavy (non-hydrogen) atoms. The molecular formula is C21H28N4O2S. The van der Waals surface area contributed by atoms with Gasteiger partial charge < -0.3 is 20.1 Å². The van der Waals surface area contributed by atoms with Gasteiger partial charge in [0.2, 0.25) is 0 Å². The van der Waals surface area contributed by atoms with E-state index in [1.807, 2.05) is 24.7 Å². The van der Waals surface area contributed by atoms with Crippen LogP contribution in [0.2, 0.25) is 0 Å². The van der Waals surface area contributed by atoms with Crippen molar-refractivity contribution in [3.8, 4) is 16.9 Å². The summed E-state index contributed by atoms with van der Waals surface area (Å²) in [6.07, 6.45) is 7.05. The quantitative estimate of drug-likeness (QED) is 0.456. The lowest BCUT2D eigenvalue weighted by atomic mass is 10.0. The van der Waals surface area contributed by atoms with Crippen LogP contribution in [0.4, 0.5) is 0 Å². The topological polar surface area (TPSA) is 82.2 Å². The van der Waals surface area contributed by atoms with Crippen LogP contribution in [-0.4, -0.2) is 48.1 Å². The number of ether oxygens (including phenoxy) is 1. The highest BCUT2D eigenvalue weighted by Crippen LogP contribution is 2.34. The Bertz CT molecular complexity index is 860. The summed E-state index contributed by atoms with van der Waals surface area (Å²) >= 11 is 1.63. The zero-order chi connectivity index (χ0) is 19.8. The molecule has 0 spiro atoms. The third kappa shape index (κ3) is 4.86. The highest BCUT2D eigenvalue weighted by Gasteiger charge is 2.17. The minimum absolute atomic E-state index is 0.587. The van der Waals surface area contributed by atoms with Gasteiger partial charge in [-0.3, -0.25) is 4.72 Å². The number of hydrogen-bond donors (Lipinski definition) is 4. The van der Waals surface area contributed by atoms with Crippen molar-refractivity contribution >= 4 is 23.0 Å². The molecule has 3 heterocycles. The molecule has 1 atom stereocenters. The van der Waals surface area contributed by atoms with E-state index in [-0.39, 0.29) is 0 Å². The SMILES string of the molecule is CO.CSNCc1ccc(-c2c[nH]c3nccc(OCC4CCNC4)c23)cc1. The summed E-state index contributed by atoms with van der Waals surface area (Å²) in [5.41, 5.74) is 4.45. The van der Waals surface area contributed by atoms with E-state index < -0.39 is 0 Å². The van der Waals surface area contributed by atoms with Crippen molar-refractivity contribution in [3.63, 3.8) is 0 Å². The summed E-state index contributed by atoms with van der Waals surface area (Å²) in [7, 11) is 1.00. The predicted octanol–water partition coefficient (Wildman–Crippen LogP) is 3.19. The molecule has 4 N–H and O–H groups in total. The van der Waals surface area contributed by atoms with Crippen molar-refractivity contribution in [2.75, 3.05) is 33.1 Å². The van der Waals surface area contributed by atoms with E-state index in [4.69, 9.17) is 9.84 Å². The van der Waals surface area contributed by atoms with Gasteiger partial charge in [0.25, 0.3) is 0 Å². The Labute approximate surface area is 170 Å². The molecule has 150 valence electrons. The fourth-order valence-corrected chi connectivity index (χ4v) is 3.71. The molecule has 6 nitrogen and oxygen atoms in total. The molecule has 0 saturated carbocycles. The van der Waals surface area contributed by atoms with E-state index in [1.54, 1.807) is 11.9 Å². The lowest BCUT2D eigenvalue weighted by Gasteiger charge is -2.12. The summed E-state index contributed by atoms with van der Waals surface area (Å²) in [5.74, 6) is 1.50. The third-order valence-corrected chi connectivity index (χ3v) is 5.29. The maximum atomic E-state index is 7.00.